The largest absolute Gasteiger partial charge is 0.449 e. The van der Waals surface area contributed by atoms with E-state index in [0.29, 0.717) is 23.2 Å². The van der Waals surface area contributed by atoms with Gasteiger partial charge in [-0.2, -0.15) is 0 Å². The Bertz CT molecular complexity index is 718. The Hall–Kier alpha value is -1.30. The zero-order valence-corrected chi connectivity index (χ0v) is 14.5. The molecule has 2 aliphatic rings. The number of pyridine rings is 1. The quantitative estimate of drug-likeness (QED) is 0.851. The molecule has 3 unspecified atom stereocenters. The molecule has 1 amide bonds. The summed E-state index contributed by atoms with van der Waals surface area (Å²) >= 11 is 0. The highest BCUT2D eigenvalue weighted by molar-refractivity contribution is 5.95. The first-order valence-corrected chi connectivity index (χ1v) is 7.54. The van der Waals surface area contributed by atoms with Gasteiger partial charge in [-0.05, 0) is 43.7 Å². The minimum Gasteiger partial charge on any atom is -0.449 e. The predicted octanol–water partition coefficient (Wildman–Crippen LogP) is 2.79. The number of hydrogen-bond acceptors (Lipinski definition) is 4. The van der Waals surface area contributed by atoms with Crippen LogP contribution in [0.5, 0.6) is 0 Å². The van der Waals surface area contributed by atoms with E-state index in [9.17, 15) is 4.79 Å². The molecule has 126 valence electrons. The Balaban J connectivity index is 0.000000960. The molecule has 2 aromatic heterocycles. The Morgan fingerprint density at radius 3 is 2.83 bits per heavy atom. The van der Waals surface area contributed by atoms with Gasteiger partial charge >= 0.3 is 0 Å². The van der Waals surface area contributed by atoms with Crippen molar-refractivity contribution in [1.82, 2.24) is 9.88 Å². The van der Waals surface area contributed by atoms with E-state index in [0.717, 1.165) is 37.1 Å². The van der Waals surface area contributed by atoms with Crippen LogP contribution in [0.4, 0.5) is 0 Å². The van der Waals surface area contributed by atoms with Crippen molar-refractivity contribution in [3.8, 4) is 0 Å². The summed E-state index contributed by atoms with van der Waals surface area (Å²) in [5.74, 6) is 1.37. The van der Waals surface area contributed by atoms with Gasteiger partial charge in [0.25, 0.3) is 5.91 Å². The first-order valence-electron chi connectivity index (χ1n) is 7.54. The van der Waals surface area contributed by atoms with Crippen LogP contribution in [-0.2, 0) is 0 Å². The molecule has 2 aromatic rings. The molecule has 3 atom stereocenters. The fourth-order valence-electron chi connectivity index (χ4n) is 3.76. The molecule has 4 rings (SSSR count). The number of aryl methyl sites for hydroxylation is 1. The smallest absolute Gasteiger partial charge is 0.289 e. The molecule has 0 bridgehead atoms. The van der Waals surface area contributed by atoms with Crippen molar-refractivity contribution in [2.24, 2.45) is 17.6 Å². The summed E-state index contributed by atoms with van der Waals surface area (Å²) in [4.78, 5) is 18.9. The maximum Gasteiger partial charge on any atom is 0.289 e. The number of aromatic nitrogens is 1. The van der Waals surface area contributed by atoms with Gasteiger partial charge in [0.05, 0.1) is 0 Å². The van der Waals surface area contributed by atoms with Crippen LogP contribution in [0.2, 0.25) is 0 Å². The average Bonchev–Trinajstić information content (AvgIpc) is 3.13. The SMILES string of the molecule is Cc1ccc2oc(C(=O)N3CC4CCC(N)C4C3)cc2n1.Cl.Cl. The van der Waals surface area contributed by atoms with Crippen molar-refractivity contribution < 1.29 is 9.21 Å². The van der Waals surface area contributed by atoms with Gasteiger partial charge in [-0.3, -0.25) is 4.79 Å². The molecule has 0 spiro atoms. The molecule has 7 heteroatoms. The van der Waals surface area contributed by atoms with Gasteiger partial charge in [0.15, 0.2) is 11.3 Å². The van der Waals surface area contributed by atoms with Crippen LogP contribution in [0.15, 0.2) is 22.6 Å². The van der Waals surface area contributed by atoms with Gasteiger partial charge in [0.1, 0.15) is 5.52 Å². The third-order valence-corrected chi connectivity index (χ3v) is 4.92. The number of carbonyl (C=O) groups excluding carboxylic acids is 1. The number of amides is 1. The van der Waals surface area contributed by atoms with E-state index in [1.54, 1.807) is 6.07 Å². The molecular weight excluding hydrogens is 337 g/mol. The molecule has 2 fully saturated rings. The van der Waals surface area contributed by atoms with Crippen molar-refractivity contribution in [1.29, 1.82) is 0 Å². The van der Waals surface area contributed by atoms with Crippen LogP contribution in [0.3, 0.4) is 0 Å². The summed E-state index contributed by atoms with van der Waals surface area (Å²) in [7, 11) is 0. The molecule has 1 aliphatic carbocycles. The maximum absolute atomic E-state index is 12.6. The Morgan fingerprint density at radius 1 is 1.30 bits per heavy atom. The molecule has 1 aliphatic heterocycles. The third-order valence-electron chi connectivity index (χ3n) is 4.92. The average molecular weight is 358 g/mol. The first-order chi connectivity index (χ1) is 10.1. The second kappa shape index (κ2) is 6.67. The Labute approximate surface area is 147 Å². The van der Waals surface area contributed by atoms with Gasteiger partial charge in [0, 0.05) is 30.9 Å². The summed E-state index contributed by atoms with van der Waals surface area (Å²) in [5, 5.41) is 0. The number of carbonyl (C=O) groups is 1. The second-order valence-electron chi connectivity index (χ2n) is 6.32. The van der Waals surface area contributed by atoms with Gasteiger partial charge in [-0.15, -0.1) is 24.8 Å². The van der Waals surface area contributed by atoms with E-state index in [1.165, 1.54) is 0 Å². The molecule has 23 heavy (non-hydrogen) atoms. The topological polar surface area (TPSA) is 72.4 Å². The van der Waals surface area contributed by atoms with Gasteiger partial charge < -0.3 is 15.1 Å². The summed E-state index contributed by atoms with van der Waals surface area (Å²) < 4.78 is 5.66. The third kappa shape index (κ3) is 3.05. The van der Waals surface area contributed by atoms with Crippen molar-refractivity contribution in [2.75, 3.05) is 13.1 Å². The number of furan rings is 1. The molecule has 2 N–H and O–H groups in total. The number of fused-ring (bicyclic) bond motifs is 2. The van der Waals surface area contributed by atoms with E-state index < -0.39 is 0 Å². The van der Waals surface area contributed by atoms with Crippen molar-refractivity contribution in [3.63, 3.8) is 0 Å². The molecule has 5 nitrogen and oxygen atoms in total. The highest BCUT2D eigenvalue weighted by Crippen LogP contribution is 2.37. The number of rotatable bonds is 1. The summed E-state index contributed by atoms with van der Waals surface area (Å²) in [6, 6.07) is 5.74. The van der Waals surface area contributed by atoms with Gasteiger partial charge in [0.2, 0.25) is 0 Å². The lowest BCUT2D eigenvalue weighted by molar-refractivity contribution is 0.0750. The molecule has 1 saturated carbocycles. The second-order valence-corrected chi connectivity index (χ2v) is 6.32. The van der Waals surface area contributed by atoms with Crippen LogP contribution >= 0.6 is 24.8 Å². The van der Waals surface area contributed by atoms with Crippen molar-refractivity contribution >= 4 is 41.8 Å². The van der Waals surface area contributed by atoms with Crippen LogP contribution < -0.4 is 5.73 Å². The van der Waals surface area contributed by atoms with E-state index in [1.807, 2.05) is 24.0 Å². The van der Waals surface area contributed by atoms with Gasteiger partial charge in [-0.1, -0.05) is 0 Å². The van der Waals surface area contributed by atoms with Crippen LogP contribution in [0.1, 0.15) is 29.1 Å². The van der Waals surface area contributed by atoms with E-state index in [4.69, 9.17) is 10.2 Å². The lowest BCUT2D eigenvalue weighted by atomic mass is 9.98. The van der Waals surface area contributed by atoms with E-state index in [2.05, 4.69) is 4.98 Å². The zero-order valence-electron chi connectivity index (χ0n) is 12.9. The molecule has 0 radical (unpaired) electrons. The lowest BCUT2D eigenvalue weighted by Crippen LogP contribution is -2.33. The van der Waals surface area contributed by atoms with Crippen molar-refractivity contribution in [3.05, 3.63) is 29.7 Å². The number of hydrogen-bond donors (Lipinski definition) is 1. The summed E-state index contributed by atoms with van der Waals surface area (Å²) in [6.07, 6.45) is 2.22. The molecule has 0 aromatic carbocycles. The standard InChI is InChI=1S/C16H19N3O2.2ClH/c1-9-2-5-14-13(18-9)6-15(21-14)16(20)19-7-10-3-4-12(17)11(10)8-19;;/h2,5-6,10-12H,3-4,7-8,17H2,1H3;2*1H. The number of nitrogens with zero attached hydrogens (tertiary/aromatic N) is 2. The van der Waals surface area contributed by atoms with Crippen LogP contribution in [-0.4, -0.2) is 34.9 Å². The van der Waals surface area contributed by atoms with E-state index in [-0.39, 0.29) is 36.8 Å². The fraction of sp³-hybridized carbons (Fsp3) is 0.500. The highest BCUT2D eigenvalue weighted by atomic mass is 35.5. The Kier molecular flexibility index (Phi) is 5.23. The molecule has 3 heterocycles. The Morgan fingerprint density at radius 2 is 2.09 bits per heavy atom. The normalized spacial score (nSPS) is 25.8. The molecular formula is C16H21Cl2N3O2. The monoisotopic (exact) mass is 357 g/mol. The van der Waals surface area contributed by atoms with Crippen LogP contribution in [0.25, 0.3) is 11.1 Å². The number of halogens is 2. The summed E-state index contributed by atoms with van der Waals surface area (Å²) in [5.41, 5.74) is 8.46. The lowest BCUT2D eigenvalue weighted by Gasteiger charge is -2.17. The minimum atomic E-state index is -0.0350. The molecule has 1 saturated heterocycles. The fourth-order valence-corrected chi connectivity index (χ4v) is 3.76. The minimum absolute atomic E-state index is 0. The van der Waals surface area contributed by atoms with Gasteiger partial charge in [-0.25, -0.2) is 4.98 Å². The van der Waals surface area contributed by atoms with E-state index >= 15 is 0 Å². The first kappa shape index (κ1) is 18.0. The predicted molar refractivity (Wildman–Crippen MR) is 93.3 cm³/mol. The zero-order chi connectivity index (χ0) is 14.6. The highest BCUT2D eigenvalue weighted by Gasteiger charge is 2.43. The van der Waals surface area contributed by atoms with Crippen molar-refractivity contribution in [2.45, 2.75) is 25.8 Å². The number of likely N-dealkylation sites (tertiary alicyclic amines) is 1. The number of nitrogens with two attached hydrogens (primary N) is 1. The maximum atomic E-state index is 12.6. The van der Waals surface area contributed by atoms with Crippen LogP contribution in [0, 0.1) is 18.8 Å². The summed E-state index contributed by atoms with van der Waals surface area (Å²) in [6.45, 7) is 3.49.